The van der Waals surface area contributed by atoms with Gasteiger partial charge in [0.05, 0.1) is 22.8 Å². The molecule has 124 valence electrons. The molecule has 1 saturated heterocycles. The lowest BCUT2D eigenvalue weighted by Gasteiger charge is -2.43. The minimum atomic E-state index is -0.999. The Labute approximate surface area is 137 Å². The predicted molar refractivity (Wildman–Crippen MR) is 87.7 cm³/mol. The minimum absolute atomic E-state index is 0.408. The summed E-state index contributed by atoms with van der Waals surface area (Å²) in [4.78, 5) is 33.2. The highest BCUT2D eigenvalue weighted by atomic mass is 32.1. The molecule has 2 aromatic rings. The molecule has 0 aromatic carbocycles. The number of aliphatic hydroxyl groups is 1. The number of piperidine rings is 1. The number of thiazole rings is 1. The van der Waals surface area contributed by atoms with Crippen molar-refractivity contribution in [3.05, 3.63) is 49.2 Å². The molecule has 2 atom stereocenters. The zero-order valence-electron chi connectivity index (χ0n) is 13.2. The fraction of sp³-hybridized carbons (Fsp3) is 0.533. The first-order valence-corrected chi connectivity index (χ1v) is 8.40. The molecule has 1 aliphatic rings. The summed E-state index contributed by atoms with van der Waals surface area (Å²) in [6.45, 7) is 5.76. The Balaban J connectivity index is 1.86. The molecule has 0 amide bonds. The second-order valence-electron chi connectivity index (χ2n) is 6.24. The third kappa shape index (κ3) is 3.29. The molecule has 23 heavy (non-hydrogen) atoms. The van der Waals surface area contributed by atoms with Crippen LogP contribution in [0.4, 0.5) is 0 Å². The van der Waals surface area contributed by atoms with E-state index < -0.39 is 22.9 Å². The van der Waals surface area contributed by atoms with Crippen LogP contribution in [0.15, 0.2) is 27.4 Å². The van der Waals surface area contributed by atoms with Crippen LogP contribution in [-0.4, -0.2) is 43.2 Å². The lowest BCUT2D eigenvalue weighted by molar-refractivity contribution is -0.0541. The van der Waals surface area contributed by atoms with E-state index in [0.29, 0.717) is 13.0 Å². The summed E-state index contributed by atoms with van der Waals surface area (Å²) in [5, 5.41) is 10.7. The van der Waals surface area contributed by atoms with Crippen LogP contribution in [-0.2, 0) is 6.54 Å². The van der Waals surface area contributed by atoms with E-state index in [-0.39, 0.29) is 0 Å². The molecule has 2 N–H and O–H groups in total. The predicted octanol–water partition coefficient (Wildman–Crippen LogP) is 0.500. The quantitative estimate of drug-likeness (QED) is 0.852. The Hall–Kier alpha value is -1.77. The van der Waals surface area contributed by atoms with Crippen LogP contribution in [0.2, 0.25) is 0 Å². The summed E-state index contributed by atoms with van der Waals surface area (Å²) < 4.78 is 1.42. The SMILES string of the molecule is Cc1ncsc1CN1CC[C@@](C)(O)[C@H](n2ccc(=O)[nH]c2=O)C1. The van der Waals surface area contributed by atoms with Crippen molar-refractivity contribution in [1.29, 1.82) is 0 Å². The van der Waals surface area contributed by atoms with Gasteiger partial charge in [-0.15, -0.1) is 11.3 Å². The van der Waals surface area contributed by atoms with E-state index in [1.54, 1.807) is 18.3 Å². The van der Waals surface area contributed by atoms with Crippen molar-refractivity contribution in [3.63, 3.8) is 0 Å². The van der Waals surface area contributed by atoms with E-state index in [4.69, 9.17) is 0 Å². The van der Waals surface area contributed by atoms with E-state index in [1.165, 1.54) is 21.7 Å². The summed E-state index contributed by atoms with van der Waals surface area (Å²) >= 11 is 1.61. The highest BCUT2D eigenvalue weighted by Crippen LogP contribution is 2.31. The summed E-state index contributed by atoms with van der Waals surface area (Å²) in [6.07, 6.45) is 2.02. The lowest BCUT2D eigenvalue weighted by Crippen LogP contribution is -2.53. The maximum absolute atomic E-state index is 12.1. The molecule has 0 saturated carbocycles. The van der Waals surface area contributed by atoms with Crippen molar-refractivity contribution >= 4 is 11.3 Å². The molecule has 3 rings (SSSR count). The Morgan fingerprint density at radius 2 is 2.30 bits per heavy atom. The van der Waals surface area contributed by atoms with Gasteiger partial charge in [0.2, 0.25) is 0 Å². The fourth-order valence-electron chi connectivity index (χ4n) is 2.97. The fourth-order valence-corrected chi connectivity index (χ4v) is 3.79. The van der Waals surface area contributed by atoms with Crippen molar-refractivity contribution in [2.24, 2.45) is 0 Å². The average Bonchev–Trinajstić information content (AvgIpc) is 2.87. The molecule has 0 bridgehead atoms. The van der Waals surface area contributed by atoms with E-state index in [1.807, 2.05) is 12.4 Å². The van der Waals surface area contributed by atoms with Crippen molar-refractivity contribution in [2.45, 2.75) is 38.5 Å². The van der Waals surface area contributed by atoms with Crippen LogP contribution < -0.4 is 11.2 Å². The summed E-state index contributed by atoms with van der Waals surface area (Å²) in [5.74, 6) is 0. The summed E-state index contributed by atoms with van der Waals surface area (Å²) in [5.41, 5.74) is 0.929. The molecule has 0 spiro atoms. The van der Waals surface area contributed by atoms with Crippen LogP contribution >= 0.6 is 11.3 Å². The van der Waals surface area contributed by atoms with Crippen LogP contribution in [0.25, 0.3) is 0 Å². The number of nitrogens with one attached hydrogen (secondary N) is 1. The van der Waals surface area contributed by atoms with Crippen molar-refractivity contribution in [2.75, 3.05) is 13.1 Å². The van der Waals surface area contributed by atoms with Gasteiger partial charge in [0.1, 0.15) is 0 Å². The van der Waals surface area contributed by atoms with Gasteiger partial charge in [-0.1, -0.05) is 0 Å². The highest BCUT2D eigenvalue weighted by Gasteiger charge is 2.39. The third-order valence-corrected chi connectivity index (χ3v) is 5.40. The number of H-pyrrole nitrogens is 1. The van der Waals surface area contributed by atoms with Gasteiger partial charge >= 0.3 is 5.69 Å². The van der Waals surface area contributed by atoms with Gasteiger partial charge in [0.25, 0.3) is 5.56 Å². The highest BCUT2D eigenvalue weighted by molar-refractivity contribution is 7.09. The van der Waals surface area contributed by atoms with Gasteiger partial charge in [-0.05, 0) is 20.3 Å². The van der Waals surface area contributed by atoms with Crippen molar-refractivity contribution in [1.82, 2.24) is 19.4 Å². The zero-order chi connectivity index (χ0) is 16.6. The molecule has 0 aliphatic carbocycles. The van der Waals surface area contributed by atoms with Crippen LogP contribution in [0, 0.1) is 6.92 Å². The average molecular weight is 336 g/mol. The number of hydrogen-bond donors (Lipinski definition) is 2. The number of nitrogens with zero attached hydrogens (tertiary/aromatic N) is 3. The molecule has 1 aliphatic heterocycles. The topological polar surface area (TPSA) is 91.2 Å². The Bertz CT molecular complexity index is 807. The van der Waals surface area contributed by atoms with Gasteiger partial charge in [-0.3, -0.25) is 19.2 Å². The molecule has 3 heterocycles. The molecule has 7 nitrogen and oxygen atoms in total. The third-order valence-electron chi connectivity index (χ3n) is 4.48. The number of aromatic nitrogens is 3. The van der Waals surface area contributed by atoms with Crippen LogP contribution in [0.5, 0.6) is 0 Å². The van der Waals surface area contributed by atoms with E-state index in [9.17, 15) is 14.7 Å². The first-order chi connectivity index (χ1) is 10.9. The minimum Gasteiger partial charge on any atom is -0.388 e. The zero-order valence-corrected chi connectivity index (χ0v) is 14.0. The number of aromatic amines is 1. The van der Waals surface area contributed by atoms with Gasteiger partial charge in [0.15, 0.2) is 0 Å². The second-order valence-corrected chi connectivity index (χ2v) is 7.18. The van der Waals surface area contributed by atoms with Gasteiger partial charge < -0.3 is 5.11 Å². The number of likely N-dealkylation sites (tertiary alicyclic amines) is 1. The van der Waals surface area contributed by atoms with E-state index >= 15 is 0 Å². The standard InChI is InChI=1S/C15H20N4O3S/c1-10-11(23-9-16-10)7-18-6-4-15(2,22)12(8-18)19-5-3-13(20)17-14(19)21/h3,5,9,12,22H,4,6-8H2,1-2H3,(H,17,20,21)/t12-,15-/m1/s1. The van der Waals surface area contributed by atoms with Crippen LogP contribution in [0.1, 0.15) is 30.0 Å². The molecular formula is C15H20N4O3S. The maximum atomic E-state index is 12.1. The Morgan fingerprint density at radius 1 is 1.52 bits per heavy atom. The van der Waals surface area contributed by atoms with Gasteiger partial charge in [-0.2, -0.15) is 0 Å². The molecule has 2 aromatic heterocycles. The van der Waals surface area contributed by atoms with Crippen LogP contribution in [0.3, 0.4) is 0 Å². The van der Waals surface area contributed by atoms with Gasteiger partial charge in [0, 0.05) is 36.8 Å². The molecular weight excluding hydrogens is 316 g/mol. The summed E-state index contributed by atoms with van der Waals surface area (Å²) in [6, 6.07) is 0.901. The van der Waals surface area contributed by atoms with Crippen molar-refractivity contribution < 1.29 is 5.11 Å². The lowest BCUT2D eigenvalue weighted by atomic mass is 9.88. The van der Waals surface area contributed by atoms with E-state index in [2.05, 4.69) is 14.9 Å². The second kappa shape index (κ2) is 6.03. The first-order valence-electron chi connectivity index (χ1n) is 7.52. The Kier molecular flexibility index (Phi) is 4.22. The monoisotopic (exact) mass is 336 g/mol. The molecule has 1 fully saturated rings. The maximum Gasteiger partial charge on any atom is 0.328 e. The molecule has 0 unspecified atom stereocenters. The smallest absolute Gasteiger partial charge is 0.328 e. The number of rotatable bonds is 3. The summed E-state index contributed by atoms with van der Waals surface area (Å²) in [7, 11) is 0. The number of aryl methyl sites for hydroxylation is 1. The molecule has 0 radical (unpaired) electrons. The first kappa shape index (κ1) is 16.1. The number of hydrogen-bond acceptors (Lipinski definition) is 6. The van der Waals surface area contributed by atoms with E-state index in [0.717, 1.165) is 18.8 Å². The van der Waals surface area contributed by atoms with Gasteiger partial charge in [-0.25, -0.2) is 9.78 Å². The Morgan fingerprint density at radius 3 is 2.96 bits per heavy atom. The normalized spacial score (nSPS) is 25.6. The van der Waals surface area contributed by atoms with Crippen molar-refractivity contribution in [3.8, 4) is 0 Å². The molecule has 8 heteroatoms. The largest absolute Gasteiger partial charge is 0.388 e.